The highest BCUT2D eigenvalue weighted by atomic mass is 16.8. The van der Waals surface area contributed by atoms with Crippen LogP contribution in [0.4, 0.5) is 0 Å². The fraction of sp³-hybridized carbons (Fsp3) is 0.263. The molecule has 1 saturated heterocycles. The summed E-state index contributed by atoms with van der Waals surface area (Å²) in [4.78, 5) is 25.8. The third kappa shape index (κ3) is 3.28. The predicted molar refractivity (Wildman–Crippen MR) is 99.4 cm³/mol. The molecule has 0 spiro atoms. The fourth-order valence-electron chi connectivity index (χ4n) is 3.51. The standard InChI is InChI=1S/C19H16O14/c20-5-1-3-7(11(24)9(5)22)8-4(2-6(21)10(23)12(8)25)17(29)32-19-15(31-16(3)28)13(26)14(27)18(30)33-19/h1-2,13-15,18-27,30H/t13-,14-,15+,18-,19+/m1/s1. The van der Waals surface area contributed by atoms with Gasteiger partial charge in [-0.1, -0.05) is 0 Å². The topological polar surface area (TPSA) is 244 Å². The van der Waals surface area contributed by atoms with Gasteiger partial charge in [-0.05, 0) is 12.1 Å². The van der Waals surface area contributed by atoms with Crippen molar-refractivity contribution >= 4 is 11.9 Å². The van der Waals surface area contributed by atoms with E-state index in [0.29, 0.717) is 12.1 Å². The van der Waals surface area contributed by atoms with Crippen LogP contribution in [0.3, 0.4) is 0 Å². The number of esters is 2. The van der Waals surface area contributed by atoms with E-state index in [4.69, 9.17) is 14.2 Å². The molecule has 0 amide bonds. The smallest absolute Gasteiger partial charge is 0.341 e. The predicted octanol–water partition coefficient (Wildman–Crippen LogP) is -1.32. The van der Waals surface area contributed by atoms with E-state index >= 15 is 0 Å². The maximum absolute atomic E-state index is 12.9. The Morgan fingerprint density at radius 1 is 0.636 bits per heavy atom. The minimum atomic E-state index is -2.07. The number of hydrogen-bond donors (Lipinski definition) is 9. The molecule has 2 aliphatic rings. The first-order valence-corrected chi connectivity index (χ1v) is 9.11. The Bertz CT molecular complexity index is 1170. The van der Waals surface area contributed by atoms with Crippen LogP contribution in [0, 0.1) is 0 Å². The van der Waals surface area contributed by atoms with Gasteiger partial charge in [0.25, 0.3) is 0 Å². The van der Waals surface area contributed by atoms with Gasteiger partial charge in [-0.3, -0.25) is 0 Å². The number of fused-ring (bicyclic) bond motifs is 4. The number of phenols is 6. The first-order valence-electron chi connectivity index (χ1n) is 9.11. The number of aromatic hydroxyl groups is 6. The van der Waals surface area contributed by atoms with Crippen LogP contribution in [0.15, 0.2) is 12.1 Å². The van der Waals surface area contributed by atoms with Gasteiger partial charge in [-0.15, -0.1) is 0 Å². The van der Waals surface area contributed by atoms with Crippen molar-refractivity contribution in [2.75, 3.05) is 0 Å². The zero-order valence-corrected chi connectivity index (χ0v) is 16.1. The van der Waals surface area contributed by atoms with E-state index in [9.17, 15) is 55.5 Å². The molecule has 9 N–H and O–H groups in total. The van der Waals surface area contributed by atoms with Crippen LogP contribution in [0.5, 0.6) is 34.5 Å². The molecule has 0 aromatic heterocycles. The second kappa shape index (κ2) is 7.56. The normalized spacial score (nSPS) is 26.9. The third-order valence-corrected chi connectivity index (χ3v) is 5.18. The Labute approximate surface area is 182 Å². The lowest BCUT2D eigenvalue weighted by molar-refractivity contribution is -0.326. The Kier molecular flexibility index (Phi) is 5.09. The van der Waals surface area contributed by atoms with Gasteiger partial charge in [0.15, 0.2) is 35.4 Å². The molecular formula is C19H16O14. The Balaban J connectivity index is 2.05. The number of carbonyl (C=O) groups excluding carboxylic acids is 2. The number of aliphatic hydroxyl groups is 3. The van der Waals surface area contributed by atoms with Crippen LogP contribution < -0.4 is 0 Å². The molecule has 2 aromatic rings. The summed E-state index contributed by atoms with van der Waals surface area (Å²) in [5, 5.41) is 90.3. The van der Waals surface area contributed by atoms with Gasteiger partial charge in [0.2, 0.25) is 17.8 Å². The summed E-state index contributed by atoms with van der Waals surface area (Å²) in [5.41, 5.74) is -3.20. The van der Waals surface area contributed by atoms with Crippen LogP contribution in [0.2, 0.25) is 0 Å². The largest absolute Gasteiger partial charge is 0.504 e. The quantitative estimate of drug-likeness (QED) is 0.161. The molecule has 14 heteroatoms. The highest BCUT2D eigenvalue weighted by molar-refractivity contribution is 6.08. The lowest BCUT2D eigenvalue weighted by Crippen LogP contribution is -2.60. The number of carbonyl (C=O) groups is 2. The number of aliphatic hydroxyl groups excluding tert-OH is 3. The lowest BCUT2D eigenvalue weighted by Gasteiger charge is -2.39. The maximum atomic E-state index is 12.9. The van der Waals surface area contributed by atoms with Crippen molar-refractivity contribution in [3.8, 4) is 45.6 Å². The van der Waals surface area contributed by atoms with Crippen molar-refractivity contribution < 1.29 is 69.8 Å². The molecule has 0 radical (unpaired) electrons. The first-order chi connectivity index (χ1) is 15.4. The van der Waals surface area contributed by atoms with Gasteiger partial charge >= 0.3 is 11.9 Å². The fourth-order valence-corrected chi connectivity index (χ4v) is 3.51. The molecular weight excluding hydrogens is 452 g/mol. The molecule has 0 unspecified atom stereocenters. The first kappa shape index (κ1) is 22.2. The summed E-state index contributed by atoms with van der Waals surface area (Å²) >= 11 is 0. The van der Waals surface area contributed by atoms with Crippen LogP contribution in [0.1, 0.15) is 20.7 Å². The molecule has 0 saturated carbocycles. The van der Waals surface area contributed by atoms with Crippen LogP contribution in [-0.2, 0) is 14.2 Å². The number of ether oxygens (including phenoxy) is 3. The van der Waals surface area contributed by atoms with E-state index in [1.807, 2.05) is 0 Å². The van der Waals surface area contributed by atoms with E-state index in [1.54, 1.807) is 0 Å². The van der Waals surface area contributed by atoms with Gasteiger partial charge in [0.05, 0.1) is 11.1 Å². The lowest BCUT2D eigenvalue weighted by atomic mass is 9.91. The number of rotatable bonds is 0. The molecule has 176 valence electrons. The second-order valence-corrected chi connectivity index (χ2v) is 7.18. The molecule has 2 aliphatic heterocycles. The maximum Gasteiger partial charge on any atom is 0.341 e. The van der Waals surface area contributed by atoms with Gasteiger partial charge < -0.3 is 60.2 Å². The molecule has 5 atom stereocenters. The van der Waals surface area contributed by atoms with Gasteiger partial charge in [0.1, 0.15) is 12.2 Å². The summed E-state index contributed by atoms with van der Waals surface area (Å²) in [5.74, 6) is -9.77. The van der Waals surface area contributed by atoms with E-state index in [1.165, 1.54) is 0 Å². The molecule has 33 heavy (non-hydrogen) atoms. The summed E-state index contributed by atoms with van der Waals surface area (Å²) in [7, 11) is 0. The molecule has 1 fully saturated rings. The summed E-state index contributed by atoms with van der Waals surface area (Å²) in [6.07, 6.45) is -10.1. The van der Waals surface area contributed by atoms with Crippen LogP contribution in [-0.4, -0.2) is 88.8 Å². The van der Waals surface area contributed by atoms with Crippen LogP contribution in [0.25, 0.3) is 11.1 Å². The average Bonchev–Trinajstić information content (AvgIpc) is 2.76. The zero-order chi connectivity index (χ0) is 24.4. The Morgan fingerprint density at radius 3 is 1.58 bits per heavy atom. The van der Waals surface area contributed by atoms with Gasteiger partial charge in [0, 0.05) is 11.1 Å². The monoisotopic (exact) mass is 468 g/mol. The molecule has 2 heterocycles. The Hall–Kier alpha value is -3.98. The number of benzene rings is 2. The van der Waals surface area contributed by atoms with Crippen molar-refractivity contribution in [1.82, 2.24) is 0 Å². The van der Waals surface area contributed by atoms with E-state index in [-0.39, 0.29) is 0 Å². The molecule has 2 aromatic carbocycles. The third-order valence-electron chi connectivity index (χ3n) is 5.18. The molecule has 0 aliphatic carbocycles. The average molecular weight is 468 g/mol. The van der Waals surface area contributed by atoms with E-state index < -0.39 is 99.6 Å². The Morgan fingerprint density at radius 2 is 1.09 bits per heavy atom. The van der Waals surface area contributed by atoms with Gasteiger partial charge in [-0.2, -0.15) is 0 Å². The minimum absolute atomic E-state index is 0.586. The molecule has 0 bridgehead atoms. The van der Waals surface area contributed by atoms with Crippen molar-refractivity contribution in [2.45, 2.75) is 30.9 Å². The molecule has 14 nitrogen and oxygen atoms in total. The minimum Gasteiger partial charge on any atom is -0.504 e. The SMILES string of the molecule is O=C1O[C@H]2O[C@@H](O)[C@H](O)[C@@H](O)[C@@H]2OC(=O)c2cc(O)c(O)c(O)c2-c2c1cc(O)c(O)c2O. The molecule has 4 rings (SSSR count). The van der Waals surface area contributed by atoms with Crippen LogP contribution >= 0.6 is 0 Å². The summed E-state index contributed by atoms with van der Waals surface area (Å²) < 4.78 is 14.9. The number of phenolic OH excluding ortho intramolecular Hbond substituents is 6. The van der Waals surface area contributed by atoms with E-state index in [2.05, 4.69) is 0 Å². The highest BCUT2D eigenvalue weighted by Gasteiger charge is 2.49. The van der Waals surface area contributed by atoms with E-state index in [0.717, 1.165) is 0 Å². The number of hydrogen-bond acceptors (Lipinski definition) is 14. The van der Waals surface area contributed by atoms with Gasteiger partial charge in [-0.25, -0.2) is 9.59 Å². The van der Waals surface area contributed by atoms with Crippen molar-refractivity contribution in [1.29, 1.82) is 0 Å². The van der Waals surface area contributed by atoms with Crippen molar-refractivity contribution in [2.24, 2.45) is 0 Å². The summed E-state index contributed by atoms with van der Waals surface area (Å²) in [6, 6.07) is 1.18. The van der Waals surface area contributed by atoms with Crippen molar-refractivity contribution in [3.63, 3.8) is 0 Å². The zero-order valence-electron chi connectivity index (χ0n) is 16.1. The highest BCUT2D eigenvalue weighted by Crippen LogP contribution is 2.53. The van der Waals surface area contributed by atoms with Crippen molar-refractivity contribution in [3.05, 3.63) is 23.3 Å². The summed E-state index contributed by atoms with van der Waals surface area (Å²) in [6.45, 7) is 0. The second-order valence-electron chi connectivity index (χ2n) is 7.18.